The predicted octanol–water partition coefficient (Wildman–Crippen LogP) is 4.26. The molecule has 4 rings (SSSR count). The molecule has 1 heterocycles. The van der Waals surface area contributed by atoms with E-state index in [9.17, 15) is 8.42 Å². The topological polar surface area (TPSA) is 52.6 Å². The van der Waals surface area contributed by atoms with Gasteiger partial charge in [-0.05, 0) is 55.5 Å². The Balaban J connectivity index is 1.96. The third-order valence-electron chi connectivity index (χ3n) is 3.98. The third-order valence-corrected chi connectivity index (χ3v) is 7.72. The Morgan fingerprint density at radius 1 is 0.885 bits per heavy atom. The Hall–Kier alpha value is -2.44. The molecule has 26 heavy (non-hydrogen) atoms. The van der Waals surface area contributed by atoms with Crippen molar-refractivity contribution in [2.75, 3.05) is 6.61 Å². The molecule has 0 saturated carbocycles. The summed E-state index contributed by atoms with van der Waals surface area (Å²) in [4.78, 5) is 2.81. The third kappa shape index (κ3) is 2.95. The minimum atomic E-state index is -3.87. The molecule has 0 radical (unpaired) electrons. The highest BCUT2D eigenvalue weighted by molar-refractivity contribution is 7.98. The normalized spacial score (nSPS) is 17.3. The van der Waals surface area contributed by atoms with Crippen molar-refractivity contribution < 1.29 is 17.3 Å². The minimum absolute atomic E-state index is 0.216. The van der Waals surface area contributed by atoms with Crippen LogP contribution in [0.4, 0.5) is 0 Å². The molecule has 0 amide bonds. The fraction of sp³-hybridized carbons (Fsp3) is 0.100. The van der Waals surface area contributed by atoms with Crippen molar-refractivity contribution in [1.29, 1.82) is 0 Å². The molecule has 0 aromatic heterocycles. The van der Waals surface area contributed by atoms with Gasteiger partial charge in [0.1, 0.15) is 16.6 Å². The molecule has 0 fully saturated rings. The van der Waals surface area contributed by atoms with Gasteiger partial charge in [-0.15, -0.1) is 0 Å². The van der Waals surface area contributed by atoms with Gasteiger partial charge in [0.05, 0.1) is 6.61 Å². The molecule has 1 unspecified atom stereocenters. The smallest absolute Gasteiger partial charge is 0.344 e. The maximum Gasteiger partial charge on any atom is 0.344 e. The highest BCUT2D eigenvalue weighted by atomic mass is 32.2. The van der Waals surface area contributed by atoms with Gasteiger partial charge in [-0.25, -0.2) is 0 Å². The van der Waals surface area contributed by atoms with Gasteiger partial charge in [-0.2, -0.15) is 8.42 Å². The average Bonchev–Trinajstić information content (AvgIpc) is 2.74. The van der Waals surface area contributed by atoms with Crippen molar-refractivity contribution in [1.82, 2.24) is 0 Å². The van der Waals surface area contributed by atoms with E-state index in [1.807, 2.05) is 55.5 Å². The summed E-state index contributed by atoms with van der Waals surface area (Å²) in [6.07, 6.45) is 0. The van der Waals surface area contributed by atoms with Gasteiger partial charge >= 0.3 is 10.1 Å². The largest absolute Gasteiger partial charge is 0.494 e. The lowest BCUT2D eigenvalue weighted by atomic mass is 10.3. The monoisotopic (exact) mass is 385 g/mol. The van der Waals surface area contributed by atoms with Crippen molar-refractivity contribution in [2.24, 2.45) is 0 Å². The highest BCUT2D eigenvalue weighted by Crippen LogP contribution is 2.43. The van der Waals surface area contributed by atoms with Gasteiger partial charge in [0, 0.05) is 0 Å². The van der Waals surface area contributed by atoms with E-state index >= 15 is 0 Å². The standard InChI is InChI=1S/C20H17O4S2/c1-2-23-15-11-13-16(14-12-15)25-18-8-4-3-7-17(18)24-26(21,22)20-10-6-5-9-19(20)25/h3-14H,2H2,1H3/q+1. The molecule has 0 N–H and O–H groups in total. The van der Waals surface area contributed by atoms with E-state index in [0.717, 1.165) is 20.4 Å². The van der Waals surface area contributed by atoms with E-state index in [-0.39, 0.29) is 4.90 Å². The summed E-state index contributed by atoms with van der Waals surface area (Å²) in [5.74, 6) is 1.17. The molecule has 0 aliphatic carbocycles. The van der Waals surface area contributed by atoms with E-state index < -0.39 is 21.0 Å². The van der Waals surface area contributed by atoms with Crippen LogP contribution in [-0.4, -0.2) is 15.0 Å². The average molecular weight is 385 g/mol. The second-order valence-corrected chi connectivity index (χ2v) is 9.12. The summed E-state index contributed by atoms with van der Waals surface area (Å²) in [5.41, 5.74) is 0. The molecular formula is C20H17O4S2+. The van der Waals surface area contributed by atoms with Crippen molar-refractivity contribution >= 4 is 21.0 Å². The summed E-state index contributed by atoms with van der Waals surface area (Å²) < 4.78 is 36.4. The second kappa shape index (κ2) is 6.70. The summed E-state index contributed by atoms with van der Waals surface area (Å²) in [6.45, 7) is 2.54. The van der Waals surface area contributed by atoms with E-state index in [0.29, 0.717) is 12.4 Å². The SMILES string of the molecule is CCOc1ccc([S+]2c3ccccc3OS(=O)(=O)c3ccccc32)cc1. The number of hydrogen-bond donors (Lipinski definition) is 0. The fourth-order valence-corrected chi connectivity index (χ4v) is 6.69. The lowest BCUT2D eigenvalue weighted by Gasteiger charge is -2.09. The Morgan fingerprint density at radius 3 is 2.27 bits per heavy atom. The molecule has 0 bridgehead atoms. The van der Waals surface area contributed by atoms with Crippen LogP contribution in [0.2, 0.25) is 0 Å². The first kappa shape index (κ1) is 17.0. The summed E-state index contributed by atoms with van der Waals surface area (Å²) in [6, 6.07) is 22.1. The fourth-order valence-electron chi connectivity index (χ4n) is 2.89. The lowest BCUT2D eigenvalue weighted by Crippen LogP contribution is -2.10. The van der Waals surface area contributed by atoms with Crippen LogP contribution in [0.15, 0.2) is 92.4 Å². The molecule has 132 valence electrons. The zero-order valence-corrected chi connectivity index (χ0v) is 15.7. The first-order chi connectivity index (χ1) is 12.6. The van der Waals surface area contributed by atoms with Crippen molar-refractivity contribution in [2.45, 2.75) is 26.5 Å². The Labute approximate surface area is 155 Å². The molecular weight excluding hydrogens is 368 g/mol. The minimum Gasteiger partial charge on any atom is -0.494 e. The van der Waals surface area contributed by atoms with E-state index in [2.05, 4.69) is 0 Å². The van der Waals surface area contributed by atoms with Gasteiger partial charge in [-0.3, -0.25) is 0 Å². The Bertz CT molecular complexity index is 1040. The highest BCUT2D eigenvalue weighted by Gasteiger charge is 2.42. The van der Waals surface area contributed by atoms with Crippen LogP contribution < -0.4 is 8.92 Å². The van der Waals surface area contributed by atoms with E-state index in [1.165, 1.54) is 0 Å². The molecule has 0 spiro atoms. The van der Waals surface area contributed by atoms with E-state index in [4.69, 9.17) is 8.92 Å². The molecule has 4 nitrogen and oxygen atoms in total. The number of ether oxygens (including phenoxy) is 1. The summed E-state index contributed by atoms with van der Waals surface area (Å²) >= 11 is 0. The number of fused-ring (bicyclic) bond motifs is 2. The number of para-hydroxylation sites is 1. The molecule has 6 heteroatoms. The van der Waals surface area contributed by atoms with Crippen LogP contribution in [0.3, 0.4) is 0 Å². The molecule has 1 atom stereocenters. The van der Waals surface area contributed by atoms with Crippen LogP contribution in [0, 0.1) is 0 Å². The second-order valence-electron chi connectivity index (χ2n) is 5.64. The van der Waals surface area contributed by atoms with Crippen molar-refractivity contribution in [3.63, 3.8) is 0 Å². The maximum absolute atomic E-state index is 12.7. The van der Waals surface area contributed by atoms with Crippen LogP contribution in [0.5, 0.6) is 11.5 Å². The van der Waals surface area contributed by atoms with Crippen LogP contribution in [-0.2, 0) is 21.0 Å². The molecule has 3 aromatic carbocycles. The van der Waals surface area contributed by atoms with Gasteiger partial charge in [0.25, 0.3) is 0 Å². The zero-order valence-electron chi connectivity index (χ0n) is 14.1. The maximum atomic E-state index is 12.7. The zero-order chi connectivity index (χ0) is 18.1. The predicted molar refractivity (Wildman–Crippen MR) is 100 cm³/mol. The quantitative estimate of drug-likeness (QED) is 0.499. The number of rotatable bonds is 3. The van der Waals surface area contributed by atoms with Gasteiger partial charge in [-0.1, -0.05) is 24.3 Å². The van der Waals surface area contributed by atoms with E-state index in [1.54, 1.807) is 24.3 Å². The molecule has 3 aromatic rings. The lowest BCUT2D eigenvalue weighted by molar-refractivity contribution is 0.340. The van der Waals surface area contributed by atoms with Gasteiger partial charge in [0.15, 0.2) is 20.4 Å². The first-order valence-corrected chi connectivity index (χ1v) is 10.8. The van der Waals surface area contributed by atoms with Crippen molar-refractivity contribution in [3.05, 3.63) is 72.8 Å². The van der Waals surface area contributed by atoms with Crippen LogP contribution >= 0.6 is 0 Å². The molecule has 1 aliphatic heterocycles. The first-order valence-electron chi connectivity index (χ1n) is 8.20. The Morgan fingerprint density at radius 2 is 1.54 bits per heavy atom. The summed E-state index contributed by atoms with van der Waals surface area (Å²) in [5, 5.41) is 0. The van der Waals surface area contributed by atoms with Crippen LogP contribution in [0.1, 0.15) is 6.92 Å². The van der Waals surface area contributed by atoms with Crippen LogP contribution in [0.25, 0.3) is 0 Å². The van der Waals surface area contributed by atoms with Crippen molar-refractivity contribution in [3.8, 4) is 11.5 Å². The number of hydrogen-bond acceptors (Lipinski definition) is 4. The van der Waals surface area contributed by atoms with Gasteiger partial charge in [0.2, 0.25) is 4.90 Å². The molecule has 1 aliphatic rings. The van der Waals surface area contributed by atoms with Gasteiger partial charge < -0.3 is 8.92 Å². The number of benzene rings is 3. The summed E-state index contributed by atoms with van der Waals surface area (Å²) in [7, 11) is -4.46. The molecule has 0 saturated heterocycles. The Kier molecular flexibility index (Phi) is 4.38.